The fourth-order valence-electron chi connectivity index (χ4n) is 7.92. The molecule has 0 atom stereocenters. The van der Waals surface area contributed by atoms with E-state index in [2.05, 4.69) is 172 Å². The Kier molecular flexibility index (Phi) is 9.20. The van der Waals surface area contributed by atoms with Crippen LogP contribution in [0.2, 0.25) is 0 Å². The van der Waals surface area contributed by atoms with Crippen molar-refractivity contribution in [2.75, 3.05) is 0 Å². The molecule has 51 heavy (non-hydrogen) atoms. The molecule has 1 heteroatoms. The number of pyridine rings is 1. The number of rotatable bonds is 11. The number of hydrogen-bond donors (Lipinski definition) is 0. The first kappa shape index (κ1) is 32.7. The number of aromatic nitrogens is 1. The smallest absolute Gasteiger partial charge is 0.0702 e. The Hall–Kier alpha value is -5.53. The van der Waals surface area contributed by atoms with Gasteiger partial charge in [-0.1, -0.05) is 160 Å². The molecule has 0 amide bonds. The minimum Gasteiger partial charge on any atom is -0.256 e. The van der Waals surface area contributed by atoms with Crippen LogP contribution in [0.5, 0.6) is 0 Å². The summed E-state index contributed by atoms with van der Waals surface area (Å²) in [6.07, 6.45) is 9.41. The summed E-state index contributed by atoms with van der Waals surface area (Å²) in [6.45, 7) is 4.66. The third-order valence-corrected chi connectivity index (χ3v) is 10.8. The molecule has 6 aromatic carbocycles. The SMILES string of the molecule is CC1(C)c2ccccc2-c2ccc(-c3ccc(-c4cccc(-c5cccc(-c6cccc(CCCCCCc7ccccc7)c6)c5)c4)cn3)cc21. The second-order valence-corrected chi connectivity index (χ2v) is 14.6. The fourth-order valence-corrected chi connectivity index (χ4v) is 7.92. The Labute approximate surface area is 303 Å². The van der Waals surface area contributed by atoms with Gasteiger partial charge in [-0.3, -0.25) is 4.98 Å². The molecule has 0 saturated carbocycles. The van der Waals surface area contributed by atoms with Gasteiger partial charge in [0.25, 0.3) is 0 Å². The maximum Gasteiger partial charge on any atom is 0.0702 e. The van der Waals surface area contributed by atoms with Gasteiger partial charge in [-0.15, -0.1) is 0 Å². The van der Waals surface area contributed by atoms with Gasteiger partial charge in [0.1, 0.15) is 0 Å². The number of unbranched alkanes of at least 4 members (excludes halogenated alkanes) is 3. The van der Waals surface area contributed by atoms with E-state index in [1.54, 1.807) is 0 Å². The molecule has 1 heterocycles. The summed E-state index contributed by atoms with van der Waals surface area (Å²) in [5.41, 5.74) is 17.8. The summed E-state index contributed by atoms with van der Waals surface area (Å²) in [7, 11) is 0. The van der Waals surface area contributed by atoms with E-state index < -0.39 is 0 Å². The van der Waals surface area contributed by atoms with Crippen molar-refractivity contribution in [3.8, 4) is 55.8 Å². The van der Waals surface area contributed by atoms with Gasteiger partial charge in [-0.25, -0.2) is 0 Å². The van der Waals surface area contributed by atoms with Gasteiger partial charge in [0.2, 0.25) is 0 Å². The summed E-state index contributed by atoms with van der Waals surface area (Å²) in [5, 5.41) is 0. The molecule has 0 N–H and O–H groups in total. The summed E-state index contributed by atoms with van der Waals surface area (Å²) in [5.74, 6) is 0. The van der Waals surface area contributed by atoms with Crippen molar-refractivity contribution in [2.45, 2.75) is 57.8 Å². The predicted molar refractivity (Wildman–Crippen MR) is 216 cm³/mol. The third-order valence-electron chi connectivity index (χ3n) is 10.8. The Morgan fingerprint density at radius 1 is 0.392 bits per heavy atom. The molecule has 1 nitrogen and oxygen atoms in total. The van der Waals surface area contributed by atoms with E-state index in [9.17, 15) is 0 Å². The van der Waals surface area contributed by atoms with Crippen molar-refractivity contribution in [3.63, 3.8) is 0 Å². The van der Waals surface area contributed by atoms with Gasteiger partial charge in [0, 0.05) is 22.7 Å². The molecule has 0 fully saturated rings. The van der Waals surface area contributed by atoms with Crippen LogP contribution in [-0.4, -0.2) is 4.98 Å². The van der Waals surface area contributed by atoms with Gasteiger partial charge < -0.3 is 0 Å². The highest BCUT2D eigenvalue weighted by atomic mass is 14.7. The van der Waals surface area contributed by atoms with E-state index in [0.29, 0.717) is 0 Å². The first-order valence-corrected chi connectivity index (χ1v) is 18.6. The molecule has 0 unspecified atom stereocenters. The van der Waals surface area contributed by atoms with Gasteiger partial charge in [-0.2, -0.15) is 0 Å². The summed E-state index contributed by atoms with van der Waals surface area (Å²) in [4.78, 5) is 4.96. The Morgan fingerprint density at radius 3 is 1.63 bits per heavy atom. The highest BCUT2D eigenvalue weighted by molar-refractivity contribution is 5.83. The largest absolute Gasteiger partial charge is 0.256 e. The molecular weight excluding hydrogens is 615 g/mol. The van der Waals surface area contributed by atoms with Gasteiger partial charge in [0.05, 0.1) is 5.69 Å². The number of benzene rings is 6. The summed E-state index contributed by atoms with van der Waals surface area (Å²) >= 11 is 0. The number of nitrogens with zero attached hydrogens (tertiary/aromatic N) is 1. The lowest BCUT2D eigenvalue weighted by Gasteiger charge is -2.21. The zero-order valence-electron chi connectivity index (χ0n) is 29.8. The standard InChI is InChI=1S/C50H45N/c1-50(2)47-26-11-10-25-45(47)46-29-27-43(34-48(46)50)49-30-28-44(35-51-49)42-24-14-23-41(33-42)40-22-13-21-39(32-40)38-20-12-19-37(31-38)18-7-4-3-6-15-36-16-8-5-9-17-36/h5,8-14,16-17,19-35H,3-4,6-7,15,18H2,1-2H3. The van der Waals surface area contributed by atoms with Gasteiger partial charge in [-0.05, 0) is 111 Å². The molecule has 1 aliphatic carbocycles. The van der Waals surface area contributed by atoms with E-state index in [1.807, 2.05) is 6.20 Å². The molecule has 0 aliphatic heterocycles. The molecular formula is C50H45N. The lowest BCUT2D eigenvalue weighted by atomic mass is 9.82. The van der Waals surface area contributed by atoms with Crippen molar-refractivity contribution in [3.05, 3.63) is 186 Å². The van der Waals surface area contributed by atoms with Crippen molar-refractivity contribution in [1.29, 1.82) is 0 Å². The Morgan fingerprint density at radius 2 is 0.941 bits per heavy atom. The zero-order valence-corrected chi connectivity index (χ0v) is 29.8. The second-order valence-electron chi connectivity index (χ2n) is 14.6. The van der Waals surface area contributed by atoms with E-state index in [-0.39, 0.29) is 5.41 Å². The van der Waals surface area contributed by atoms with E-state index >= 15 is 0 Å². The Bertz CT molecular complexity index is 2280. The number of aryl methyl sites for hydroxylation is 2. The van der Waals surface area contributed by atoms with Crippen LogP contribution >= 0.6 is 0 Å². The fraction of sp³-hybridized carbons (Fsp3) is 0.180. The van der Waals surface area contributed by atoms with E-state index in [1.165, 1.54) is 93.3 Å². The lowest BCUT2D eigenvalue weighted by molar-refractivity contribution is 0.640. The minimum absolute atomic E-state index is 0.0226. The third kappa shape index (κ3) is 6.94. The average Bonchev–Trinajstić information content (AvgIpc) is 3.42. The first-order chi connectivity index (χ1) is 25.0. The highest BCUT2D eigenvalue weighted by Gasteiger charge is 2.35. The number of hydrogen-bond acceptors (Lipinski definition) is 1. The molecule has 1 aromatic heterocycles. The van der Waals surface area contributed by atoms with Crippen LogP contribution in [0.4, 0.5) is 0 Å². The normalized spacial score (nSPS) is 12.7. The van der Waals surface area contributed by atoms with Crippen LogP contribution in [-0.2, 0) is 18.3 Å². The summed E-state index contributed by atoms with van der Waals surface area (Å²) < 4.78 is 0. The topological polar surface area (TPSA) is 12.9 Å². The Balaban J connectivity index is 0.940. The molecule has 8 rings (SSSR count). The number of fused-ring (bicyclic) bond motifs is 3. The maximum atomic E-state index is 4.96. The molecule has 0 spiro atoms. The lowest BCUT2D eigenvalue weighted by Crippen LogP contribution is -2.14. The summed E-state index contributed by atoms with van der Waals surface area (Å²) in [6, 6.07) is 57.8. The predicted octanol–water partition coefficient (Wildman–Crippen LogP) is 13.4. The van der Waals surface area contributed by atoms with Crippen LogP contribution in [0, 0.1) is 0 Å². The van der Waals surface area contributed by atoms with Crippen LogP contribution < -0.4 is 0 Å². The van der Waals surface area contributed by atoms with Crippen molar-refractivity contribution >= 4 is 0 Å². The maximum absolute atomic E-state index is 4.96. The van der Waals surface area contributed by atoms with Crippen LogP contribution in [0.1, 0.15) is 61.8 Å². The first-order valence-electron chi connectivity index (χ1n) is 18.6. The van der Waals surface area contributed by atoms with E-state index in [0.717, 1.165) is 23.2 Å². The monoisotopic (exact) mass is 659 g/mol. The molecule has 0 radical (unpaired) electrons. The van der Waals surface area contributed by atoms with Crippen LogP contribution in [0.25, 0.3) is 55.8 Å². The van der Waals surface area contributed by atoms with Crippen LogP contribution in [0.3, 0.4) is 0 Å². The molecule has 7 aromatic rings. The minimum atomic E-state index is -0.0226. The van der Waals surface area contributed by atoms with Gasteiger partial charge >= 0.3 is 0 Å². The van der Waals surface area contributed by atoms with E-state index in [4.69, 9.17) is 4.98 Å². The van der Waals surface area contributed by atoms with Gasteiger partial charge in [0.15, 0.2) is 0 Å². The quantitative estimate of drug-likeness (QED) is 0.126. The average molecular weight is 660 g/mol. The van der Waals surface area contributed by atoms with Crippen molar-refractivity contribution in [1.82, 2.24) is 4.98 Å². The highest BCUT2D eigenvalue weighted by Crippen LogP contribution is 2.49. The molecule has 250 valence electrons. The second kappa shape index (κ2) is 14.4. The molecule has 0 bridgehead atoms. The van der Waals surface area contributed by atoms with Crippen molar-refractivity contribution < 1.29 is 0 Å². The molecule has 1 aliphatic rings. The van der Waals surface area contributed by atoms with Crippen molar-refractivity contribution in [2.24, 2.45) is 0 Å². The van der Waals surface area contributed by atoms with Crippen LogP contribution in [0.15, 0.2) is 164 Å². The molecule has 0 saturated heterocycles. The zero-order chi connectivity index (χ0) is 34.6.